The van der Waals surface area contributed by atoms with Crippen molar-refractivity contribution in [3.63, 3.8) is 0 Å². The van der Waals surface area contributed by atoms with E-state index in [4.69, 9.17) is 5.11 Å². The van der Waals surface area contributed by atoms with Gasteiger partial charge in [0.1, 0.15) is 5.69 Å². The summed E-state index contributed by atoms with van der Waals surface area (Å²) >= 11 is 1.44. The Bertz CT molecular complexity index is 808. The standard InChI is InChI=1S/C12H8N4O3S/c17-11(14-10-4-8(12(18)19)15-16-10)6-1-2-7-9(3-6)20-5-13-7/h1-5H,(H,18,19)(H2,14,15,16,17). The van der Waals surface area contributed by atoms with Gasteiger partial charge in [0, 0.05) is 11.6 Å². The third-order valence-corrected chi connectivity index (χ3v) is 3.44. The molecule has 0 aliphatic carbocycles. The number of amides is 1. The molecule has 1 aromatic carbocycles. The summed E-state index contributed by atoms with van der Waals surface area (Å²) in [5.41, 5.74) is 2.92. The summed E-state index contributed by atoms with van der Waals surface area (Å²) < 4.78 is 0.908. The Balaban J connectivity index is 1.82. The van der Waals surface area contributed by atoms with E-state index in [2.05, 4.69) is 20.5 Å². The lowest BCUT2D eigenvalue weighted by Gasteiger charge is -2.01. The van der Waals surface area contributed by atoms with Crippen molar-refractivity contribution in [2.75, 3.05) is 5.32 Å². The molecule has 20 heavy (non-hydrogen) atoms. The monoisotopic (exact) mass is 288 g/mol. The van der Waals surface area contributed by atoms with Gasteiger partial charge in [-0.3, -0.25) is 9.89 Å². The van der Waals surface area contributed by atoms with Gasteiger partial charge in [-0.25, -0.2) is 9.78 Å². The Kier molecular flexibility index (Phi) is 2.92. The molecule has 0 saturated heterocycles. The minimum atomic E-state index is -1.14. The first-order chi connectivity index (χ1) is 9.63. The third-order valence-electron chi connectivity index (χ3n) is 2.64. The second kappa shape index (κ2) is 4.74. The number of aromatic nitrogens is 3. The van der Waals surface area contributed by atoms with E-state index in [1.165, 1.54) is 17.4 Å². The van der Waals surface area contributed by atoms with E-state index < -0.39 is 5.97 Å². The first-order valence-corrected chi connectivity index (χ1v) is 6.45. The van der Waals surface area contributed by atoms with Crippen molar-refractivity contribution in [2.24, 2.45) is 0 Å². The maximum absolute atomic E-state index is 12.0. The number of thiazole rings is 1. The fraction of sp³-hybridized carbons (Fsp3) is 0. The lowest BCUT2D eigenvalue weighted by molar-refractivity contribution is 0.0690. The van der Waals surface area contributed by atoms with Crippen LogP contribution in [0.15, 0.2) is 29.8 Å². The molecule has 0 fully saturated rings. The molecule has 0 radical (unpaired) electrons. The summed E-state index contributed by atoms with van der Waals surface area (Å²) in [6, 6.07) is 6.40. The zero-order valence-corrected chi connectivity index (χ0v) is 10.8. The molecule has 0 spiro atoms. The number of fused-ring (bicyclic) bond motifs is 1. The molecule has 0 aliphatic rings. The normalized spacial score (nSPS) is 10.6. The number of nitrogens with one attached hydrogen (secondary N) is 2. The predicted octanol–water partition coefficient (Wildman–Crippen LogP) is 1.97. The molecule has 3 aromatic rings. The van der Waals surface area contributed by atoms with E-state index >= 15 is 0 Å². The second-order valence-electron chi connectivity index (χ2n) is 3.96. The molecule has 100 valence electrons. The second-order valence-corrected chi connectivity index (χ2v) is 4.85. The molecule has 0 saturated carbocycles. The number of hydrogen-bond donors (Lipinski definition) is 3. The van der Waals surface area contributed by atoms with Crippen molar-refractivity contribution < 1.29 is 14.7 Å². The molecular formula is C12H8N4O3S. The molecule has 0 bridgehead atoms. The Morgan fingerprint density at radius 2 is 2.15 bits per heavy atom. The average Bonchev–Trinajstić information content (AvgIpc) is 3.05. The van der Waals surface area contributed by atoms with E-state index in [9.17, 15) is 9.59 Å². The highest BCUT2D eigenvalue weighted by Gasteiger charge is 2.12. The number of aromatic amines is 1. The Labute approximate surface area is 116 Å². The van der Waals surface area contributed by atoms with Crippen LogP contribution in [0.25, 0.3) is 10.2 Å². The van der Waals surface area contributed by atoms with Crippen LogP contribution in [0.3, 0.4) is 0 Å². The van der Waals surface area contributed by atoms with Gasteiger partial charge in [-0.2, -0.15) is 5.10 Å². The van der Waals surface area contributed by atoms with Crippen molar-refractivity contribution in [2.45, 2.75) is 0 Å². The van der Waals surface area contributed by atoms with E-state index in [0.717, 1.165) is 10.2 Å². The minimum Gasteiger partial charge on any atom is -0.477 e. The number of carboxylic acid groups (broad SMARTS) is 1. The van der Waals surface area contributed by atoms with Crippen LogP contribution in [0.4, 0.5) is 5.82 Å². The molecule has 3 N–H and O–H groups in total. The van der Waals surface area contributed by atoms with Crippen molar-refractivity contribution in [3.8, 4) is 0 Å². The lowest BCUT2D eigenvalue weighted by Crippen LogP contribution is -2.11. The predicted molar refractivity (Wildman–Crippen MR) is 73.1 cm³/mol. The van der Waals surface area contributed by atoms with Gasteiger partial charge < -0.3 is 10.4 Å². The van der Waals surface area contributed by atoms with E-state index in [-0.39, 0.29) is 17.4 Å². The summed E-state index contributed by atoms with van der Waals surface area (Å²) in [7, 11) is 0. The van der Waals surface area contributed by atoms with Gasteiger partial charge in [0.2, 0.25) is 0 Å². The number of anilines is 1. The zero-order chi connectivity index (χ0) is 14.1. The third kappa shape index (κ3) is 2.24. The molecule has 2 aromatic heterocycles. The first kappa shape index (κ1) is 12.3. The van der Waals surface area contributed by atoms with E-state index in [0.29, 0.717) is 5.56 Å². The zero-order valence-electron chi connectivity index (χ0n) is 9.95. The van der Waals surface area contributed by atoms with Crippen LogP contribution in [-0.4, -0.2) is 32.2 Å². The van der Waals surface area contributed by atoms with Crippen LogP contribution in [-0.2, 0) is 0 Å². The van der Waals surface area contributed by atoms with Gasteiger partial charge in [0.25, 0.3) is 5.91 Å². The Hall–Kier alpha value is -2.74. The number of H-pyrrole nitrogens is 1. The van der Waals surface area contributed by atoms with Gasteiger partial charge in [-0.1, -0.05) is 0 Å². The molecule has 0 atom stereocenters. The van der Waals surface area contributed by atoms with Crippen LogP contribution in [0.5, 0.6) is 0 Å². The fourth-order valence-corrected chi connectivity index (χ4v) is 2.40. The highest BCUT2D eigenvalue weighted by atomic mass is 32.1. The van der Waals surface area contributed by atoms with Gasteiger partial charge in [0.05, 0.1) is 15.7 Å². The molecule has 8 heteroatoms. The van der Waals surface area contributed by atoms with Crippen molar-refractivity contribution in [1.82, 2.24) is 15.2 Å². The fourth-order valence-electron chi connectivity index (χ4n) is 1.68. The molecule has 0 unspecified atom stereocenters. The van der Waals surface area contributed by atoms with Crippen molar-refractivity contribution in [3.05, 3.63) is 41.0 Å². The summed E-state index contributed by atoms with van der Waals surface area (Å²) in [6.07, 6.45) is 0. The SMILES string of the molecule is O=C(Nc1cc(C(=O)O)[nH]n1)c1ccc2ncsc2c1. The Morgan fingerprint density at radius 1 is 1.30 bits per heavy atom. The number of carbonyl (C=O) groups excluding carboxylic acids is 1. The summed E-state index contributed by atoms with van der Waals surface area (Å²) in [4.78, 5) is 26.9. The first-order valence-electron chi connectivity index (χ1n) is 5.57. The summed E-state index contributed by atoms with van der Waals surface area (Å²) in [5.74, 6) is -1.33. The van der Waals surface area contributed by atoms with Crippen molar-refractivity contribution >= 4 is 39.2 Å². The van der Waals surface area contributed by atoms with E-state index in [1.807, 2.05) is 0 Å². The van der Waals surface area contributed by atoms with Gasteiger partial charge in [0.15, 0.2) is 5.82 Å². The number of rotatable bonds is 3. The van der Waals surface area contributed by atoms with Crippen molar-refractivity contribution in [1.29, 1.82) is 0 Å². The quantitative estimate of drug-likeness (QED) is 0.683. The molecule has 1 amide bonds. The van der Waals surface area contributed by atoms with Gasteiger partial charge in [-0.15, -0.1) is 11.3 Å². The number of carbonyl (C=O) groups is 2. The Morgan fingerprint density at radius 3 is 2.90 bits per heavy atom. The highest BCUT2D eigenvalue weighted by Crippen LogP contribution is 2.19. The van der Waals surface area contributed by atoms with Crippen LogP contribution in [0.1, 0.15) is 20.8 Å². The maximum atomic E-state index is 12.0. The molecule has 7 nitrogen and oxygen atoms in total. The van der Waals surface area contributed by atoms with Gasteiger partial charge >= 0.3 is 5.97 Å². The number of carboxylic acids is 1. The van der Waals surface area contributed by atoms with E-state index in [1.54, 1.807) is 23.7 Å². The van der Waals surface area contributed by atoms with Crippen LogP contribution in [0, 0.1) is 0 Å². The number of aromatic carboxylic acids is 1. The van der Waals surface area contributed by atoms with Crippen LogP contribution < -0.4 is 5.32 Å². The molecular weight excluding hydrogens is 280 g/mol. The smallest absolute Gasteiger partial charge is 0.353 e. The summed E-state index contributed by atoms with van der Waals surface area (Å²) in [6.45, 7) is 0. The number of hydrogen-bond acceptors (Lipinski definition) is 5. The highest BCUT2D eigenvalue weighted by molar-refractivity contribution is 7.16. The topological polar surface area (TPSA) is 108 Å². The molecule has 2 heterocycles. The van der Waals surface area contributed by atoms with Gasteiger partial charge in [-0.05, 0) is 18.2 Å². The lowest BCUT2D eigenvalue weighted by atomic mass is 10.2. The average molecular weight is 288 g/mol. The number of benzene rings is 1. The summed E-state index contributed by atoms with van der Waals surface area (Å²) in [5, 5.41) is 17.3. The number of nitrogens with zero attached hydrogens (tertiary/aromatic N) is 2. The molecule has 0 aliphatic heterocycles. The van der Waals surface area contributed by atoms with Crippen LogP contribution >= 0.6 is 11.3 Å². The largest absolute Gasteiger partial charge is 0.477 e. The molecule has 3 rings (SSSR count). The minimum absolute atomic E-state index is 0.0850. The maximum Gasteiger partial charge on any atom is 0.353 e. The van der Waals surface area contributed by atoms with Crippen LogP contribution in [0.2, 0.25) is 0 Å².